The molecule has 0 aromatic carbocycles. The van der Waals surface area contributed by atoms with Gasteiger partial charge >= 0.3 is 6.36 Å². The van der Waals surface area contributed by atoms with Gasteiger partial charge in [-0.25, -0.2) is 8.78 Å². The molecule has 0 atom stereocenters. The number of aromatic nitrogens is 1. The van der Waals surface area contributed by atoms with Crippen molar-refractivity contribution in [3.8, 4) is 5.75 Å². The molecule has 1 rings (SSSR count). The maximum absolute atomic E-state index is 12.7. The number of carbonyl (C=O) groups is 1. The zero-order valence-corrected chi connectivity index (χ0v) is 10.1. The van der Waals surface area contributed by atoms with Crippen molar-refractivity contribution in [2.75, 3.05) is 0 Å². The van der Waals surface area contributed by atoms with Gasteiger partial charge in [-0.3, -0.25) is 9.78 Å². The van der Waals surface area contributed by atoms with E-state index in [1.54, 1.807) is 0 Å². The number of hydrogen-bond donors (Lipinski definition) is 0. The highest BCUT2D eigenvalue weighted by molar-refractivity contribution is 9.08. The van der Waals surface area contributed by atoms with Gasteiger partial charge in [-0.2, -0.15) is 0 Å². The number of rotatable bonds is 4. The van der Waals surface area contributed by atoms with Gasteiger partial charge in [0, 0.05) is 17.1 Å². The van der Waals surface area contributed by atoms with Crippen LogP contribution in [0.1, 0.15) is 28.0 Å². The first-order valence-electron chi connectivity index (χ1n) is 4.37. The van der Waals surface area contributed by atoms with E-state index >= 15 is 0 Å². The Morgan fingerprint density at radius 3 is 2.44 bits per heavy atom. The van der Waals surface area contributed by atoms with Gasteiger partial charge < -0.3 is 4.74 Å². The van der Waals surface area contributed by atoms with Crippen molar-refractivity contribution in [3.05, 3.63) is 23.0 Å². The molecule has 0 aliphatic heterocycles. The number of alkyl halides is 6. The Labute approximate surface area is 106 Å². The summed E-state index contributed by atoms with van der Waals surface area (Å²) in [6.07, 6.45) is -7.63. The third-order valence-corrected chi connectivity index (χ3v) is 2.47. The van der Waals surface area contributed by atoms with Gasteiger partial charge in [-0.15, -0.1) is 13.2 Å². The molecule has 0 unspecified atom stereocenters. The van der Waals surface area contributed by atoms with Gasteiger partial charge in [0.15, 0.2) is 6.29 Å². The van der Waals surface area contributed by atoms with Crippen LogP contribution in [0.25, 0.3) is 0 Å². The number of ether oxygens (including phenoxy) is 1. The van der Waals surface area contributed by atoms with Crippen LogP contribution in [0.2, 0.25) is 0 Å². The summed E-state index contributed by atoms with van der Waals surface area (Å²) in [5, 5.41) is -0.176. The molecule has 18 heavy (non-hydrogen) atoms. The number of pyridine rings is 1. The van der Waals surface area contributed by atoms with Crippen LogP contribution in [0.4, 0.5) is 22.0 Å². The van der Waals surface area contributed by atoms with Crippen LogP contribution in [0.5, 0.6) is 5.75 Å². The summed E-state index contributed by atoms with van der Waals surface area (Å²) in [4.78, 5) is 13.9. The van der Waals surface area contributed by atoms with Crippen LogP contribution in [0.15, 0.2) is 6.20 Å². The second kappa shape index (κ2) is 5.59. The van der Waals surface area contributed by atoms with E-state index in [0.717, 1.165) is 6.20 Å². The van der Waals surface area contributed by atoms with E-state index in [1.165, 1.54) is 0 Å². The predicted molar refractivity (Wildman–Crippen MR) is 53.9 cm³/mol. The Hall–Kier alpha value is -1.25. The minimum Gasteiger partial charge on any atom is -0.405 e. The lowest BCUT2D eigenvalue weighted by molar-refractivity contribution is -0.275. The number of carbonyl (C=O) groups excluding carboxylic acids is 1. The SMILES string of the molecule is O=Cc1ncc(CBr)c(OC(F)(F)F)c1C(F)F. The van der Waals surface area contributed by atoms with Crippen molar-refractivity contribution < 1.29 is 31.5 Å². The maximum Gasteiger partial charge on any atom is 0.573 e. The minimum atomic E-state index is -5.14. The minimum absolute atomic E-state index is 0.0528. The quantitative estimate of drug-likeness (QED) is 0.480. The van der Waals surface area contributed by atoms with Crippen LogP contribution < -0.4 is 4.74 Å². The van der Waals surface area contributed by atoms with Crippen molar-refractivity contribution in [2.45, 2.75) is 18.1 Å². The second-order valence-corrected chi connectivity index (χ2v) is 3.57. The number of aldehydes is 1. The van der Waals surface area contributed by atoms with Gasteiger partial charge in [-0.05, 0) is 0 Å². The van der Waals surface area contributed by atoms with E-state index in [2.05, 4.69) is 25.7 Å². The molecular formula is C9H5BrF5NO2. The van der Waals surface area contributed by atoms with Crippen molar-refractivity contribution in [2.24, 2.45) is 0 Å². The van der Waals surface area contributed by atoms with Gasteiger partial charge in [-0.1, -0.05) is 15.9 Å². The summed E-state index contributed by atoms with van der Waals surface area (Å²) in [6.45, 7) is 0. The molecule has 0 amide bonds. The van der Waals surface area contributed by atoms with Gasteiger partial charge in [0.25, 0.3) is 6.43 Å². The van der Waals surface area contributed by atoms with E-state index in [9.17, 15) is 26.7 Å². The highest BCUT2D eigenvalue weighted by Gasteiger charge is 2.35. The lowest BCUT2D eigenvalue weighted by Crippen LogP contribution is -2.20. The predicted octanol–water partition coefficient (Wildman–Crippen LogP) is 3.63. The first kappa shape index (κ1) is 14.8. The van der Waals surface area contributed by atoms with Gasteiger partial charge in [0.1, 0.15) is 11.4 Å². The summed E-state index contributed by atoms with van der Waals surface area (Å²) in [6, 6.07) is 0. The Bertz CT molecular complexity index is 449. The smallest absolute Gasteiger partial charge is 0.405 e. The molecular weight excluding hydrogens is 329 g/mol. The Morgan fingerprint density at radius 2 is 2.06 bits per heavy atom. The van der Waals surface area contributed by atoms with Crippen molar-refractivity contribution in [1.29, 1.82) is 0 Å². The van der Waals surface area contributed by atoms with E-state index in [-0.39, 0.29) is 17.2 Å². The lowest BCUT2D eigenvalue weighted by Gasteiger charge is -2.16. The normalized spacial score (nSPS) is 11.7. The molecule has 0 bridgehead atoms. The molecule has 0 fully saturated rings. The molecule has 1 heterocycles. The Morgan fingerprint density at radius 1 is 1.44 bits per heavy atom. The fourth-order valence-electron chi connectivity index (χ4n) is 1.20. The molecule has 0 saturated carbocycles. The van der Waals surface area contributed by atoms with E-state index in [4.69, 9.17) is 0 Å². The molecule has 0 saturated heterocycles. The summed E-state index contributed by atoms with van der Waals surface area (Å²) in [5.41, 5.74) is -2.18. The molecule has 1 aromatic rings. The Balaban J connectivity index is 3.45. The fraction of sp³-hybridized carbons (Fsp3) is 0.333. The average Bonchev–Trinajstić information content (AvgIpc) is 2.25. The molecule has 1 aromatic heterocycles. The maximum atomic E-state index is 12.7. The van der Waals surface area contributed by atoms with Crippen LogP contribution in [-0.4, -0.2) is 17.6 Å². The zero-order valence-electron chi connectivity index (χ0n) is 8.47. The summed E-state index contributed by atoms with van der Waals surface area (Å²) < 4.78 is 65.4. The van der Waals surface area contributed by atoms with Crippen molar-refractivity contribution >= 4 is 22.2 Å². The van der Waals surface area contributed by atoms with Crippen LogP contribution in [0.3, 0.4) is 0 Å². The van der Waals surface area contributed by atoms with Gasteiger partial charge in [0.2, 0.25) is 0 Å². The first-order valence-corrected chi connectivity index (χ1v) is 5.49. The summed E-state index contributed by atoms with van der Waals surface area (Å²) >= 11 is 2.83. The molecule has 0 spiro atoms. The third-order valence-electron chi connectivity index (χ3n) is 1.86. The van der Waals surface area contributed by atoms with E-state index in [1.807, 2.05) is 0 Å². The first-order chi connectivity index (χ1) is 8.30. The molecule has 9 heteroatoms. The standard InChI is InChI=1S/C9H5BrF5NO2/c10-1-4-2-16-5(3-17)6(8(11)12)7(4)18-9(13,14)15/h2-3,8H,1H2. The second-order valence-electron chi connectivity index (χ2n) is 3.01. The van der Waals surface area contributed by atoms with Crippen molar-refractivity contribution in [1.82, 2.24) is 4.98 Å². The monoisotopic (exact) mass is 333 g/mol. The average molecular weight is 334 g/mol. The number of halogens is 6. The van der Waals surface area contributed by atoms with E-state index in [0.29, 0.717) is 0 Å². The summed E-state index contributed by atoms with van der Waals surface area (Å²) in [7, 11) is 0. The molecule has 100 valence electrons. The van der Waals surface area contributed by atoms with E-state index < -0.39 is 29.8 Å². The molecule has 0 aliphatic carbocycles. The van der Waals surface area contributed by atoms with Crippen LogP contribution in [0, 0.1) is 0 Å². The van der Waals surface area contributed by atoms with Crippen LogP contribution >= 0.6 is 15.9 Å². The topological polar surface area (TPSA) is 39.2 Å². The summed E-state index contributed by atoms with van der Waals surface area (Å²) in [5.74, 6) is -1.09. The highest BCUT2D eigenvalue weighted by atomic mass is 79.9. The lowest BCUT2D eigenvalue weighted by atomic mass is 10.1. The van der Waals surface area contributed by atoms with Crippen LogP contribution in [-0.2, 0) is 5.33 Å². The molecule has 3 nitrogen and oxygen atoms in total. The molecule has 0 aliphatic rings. The Kier molecular flexibility index (Phi) is 4.60. The zero-order chi connectivity index (χ0) is 13.9. The largest absolute Gasteiger partial charge is 0.573 e. The van der Waals surface area contributed by atoms with Crippen molar-refractivity contribution in [3.63, 3.8) is 0 Å². The number of nitrogens with zero attached hydrogens (tertiary/aromatic N) is 1. The molecule has 0 radical (unpaired) electrons. The highest BCUT2D eigenvalue weighted by Crippen LogP contribution is 2.37. The number of hydrogen-bond acceptors (Lipinski definition) is 3. The van der Waals surface area contributed by atoms with Gasteiger partial charge in [0.05, 0.1) is 5.56 Å². The fourth-order valence-corrected chi connectivity index (χ4v) is 1.60. The molecule has 0 N–H and O–H groups in total. The third kappa shape index (κ3) is 3.37.